The van der Waals surface area contributed by atoms with Gasteiger partial charge in [0.1, 0.15) is 18.0 Å². The highest BCUT2D eigenvalue weighted by molar-refractivity contribution is 5.82. The summed E-state index contributed by atoms with van der Waals surface area (Å²) in [6.07, 6.45) is 3.29. The molecule has 0 radical (unpaired) electrons. The van der Waals surface area contributed by atoms with Crippen LogP contribution in [0.3, 0.4) is 0 Å². The lowest BCUT2D eigenvalue weighted by Crippen LogP contribution is -2.51. The Hall–Kier alpha value is -4.08. The molecule has 9 heteroatoms. The molecule has 0 bridgehead atoms. The fraction of sp³-hybridized carbons (Fsp3) is 0.512. The molecule has 2 amide bonds. The lowest BCUT2D eigenvalue weighted by atomic mass is 9.78. The summed E-state index contributed by atoms with van der Waals surface area (Å²) in [4.78, 5) is 34.7. The second-order valence-electron chi connectivity index (χ2n) is 14.9. The first-order valence-electron chi connectivity index (χ1n) is 18.2. The fourth-order valence-corrected chi connectivity index (χ4v) is 7.56. The summed E-state index contributed by atoms with van der Waals surface area (Å²) < 4.78 is 16.7. The number of amides is 2. The van der Waals surface area contributed by atoms with Crippen LogP contribution in [0.4, 0.5) is 10.5 Å². The van der Waals surface area contributed by atoms with Crippen molar-refractivity contribution in [3.8, 4) is 16.9 Å². The maximum atomic E-state index is 15.0. The number of para-hydroxylation sites is 1. The number of carbonyl (C=O) groups excluding carboxylic acids is 2. The van der Waals surface area contributed by atoms with Crippen LogP contribution < -0.4 is 9.64 Å². The smallest absolute Gasteiger partial charge is 0.410 e. The maximum absolute atomic E-state index is 15.0. The Labute approximate surface area is 297 Å². The van der Waals surface area contributed by atoms with Gasteiger partial charge in [-0.1, -0.05) is 54.6 Å². The minimum Gasteiger partial charge on any atom is -0.491 e. The van der Waals surface area contributed by atoms with E-state index in [1.165, 1.54) is 11.3 Å². The summed E-state index contributed by atoms with van der Waals surface area (Å²) in [5.41, 5.74) is 5.16. The Morgan fingerprint density at radius 1 is 0.920 bits per heavy atom. The number of carbonyl (C=O) groups is 2. The highest BCUT2D eigenvalue weighted by Gasteiger charge is 2.44. The molecule has 3 aliphatic rings. The van der Waals surface area contributed by atoms with E-state index in [4.69, 9.17) is 19.3 Å². The van der Waals surface area contributed by atoms with Crippen LogP contribution in [-0.4, -0.2) is 98.2 Å². The number of aliphatic hydroxyl groups is 1. The molecule has 6 rings (SSSR count). The van der Waals surface area contributed by atoms with Gasteiger partial charge < -0.3 is 34.0 Å². The number of benzene rings is 3. The van der Waals surface area contributed by atoms with E-state index in [9.17, 15) is 9.59 Å². The average Bonchev–Trinajstić information content (AvgIpc) is 3.91. The van der Waals surface area contributed by atoms with Gasteiger partial charge in [0.15, 0.2) is 0 Å². The SMILES string of the molecule is COCCCN1CC(CN(C(=O)[C@H]2CN(C(=O)OC(C)(C)C)CC[C@@H]2c2cccc(-c3ccc(OCCO)cc3)c2)C2CC2)c2ccccc21. The van der Waals surface area contributed by atoms with Crippen molar-refractivity contribution in [1.82, 2.24) is 9.80 Å². The molecular formula is C41H53N3O6. The van der Waals surface area contributed by atoms with Crippen LogP contribution in [0.25, 0.3) is 11.1 Å². The quantitative estimate of drug-likeness (QED) is 0.201. The minimum absolute atomic E-state index is 0.0319. The Balaban J connectivity index is 1.27. The number of nitrogens with zero attached hydrogens (tertiary/aromatic N) is 3. The average molecular weight is 684 g/mol. The van der Waals surface area contributed by atoms with E-state index in [-0.39, 0.29) is 43.1 Å². The molecule has 1 N–H and O–H groups in total. The molecule has 1 unspecified atom stereocenters. The van der Waals surface area contributed by atoms with Gasteiger partial charge in [0.05, 0.1) is 12.5 Å². The molecule has 1 aliphatic carbocycles. The third kappa shape index (κ3) is 8.61. The molecule has 3 atom stereocenters. The minimum atomic E-state index is -0.620. The Morgan fingerprint density at radius 3 is 2.42 bits per heavy atom. The van der Waals surface area contributed by atoms with Gasteiger partial charge in [-0.25, -0.2) is 4.79 Å². The lowest BCUT2D eigenvalue weighted by molar-refractivity contribution is -0.138. The molecule has 1 saturated carbocycles. The number of ether oxygens (including phenoxy) is 3. The zero-order valence-corrected chi connectivity index (χ0v) is 30.1. The second kappa shape index (κ2) is 15.9. The predicted octanol–water partition coefficient (Wildman–Crippen LogP) is 6.70. The normalized spacial score (nSPS) is 20.4. The molecular weight excluding hydrogens is 630 g/mol. The summed E-state index contributed by atoms with van der Waals surface area (Å²) in [7, 11) is 1.74. The van der Waals surface area contributed by atoms with Gasteiger partial charge in [-0.2, -0.15) is 0 Å². The molecule has 0 aromatic heterocycles. The van der Waals surface area contributed by atoms with Gasteiger partial charge in [-0.3, -0.25) is 4.79 Å². The molecule has 2 heterocycles. The molecule has 2 aliphatic heterocycles. The third-order valence-corrected chi connectivity index (χ3v) is 10.1. The number of piperidine rings is 1. The van der Waals surface area contributed by atoms with E-state index in [1.807, 2.05) is 45.0 Å². The van der Waals surface area contributed by atoms with Gasteiger partial charge in [0.25, 0.3) is 0 Å². The first-order valence-corrected chi connectivity index (χ1v) is 18.2. The first-order chi connectivity index (χ1) is 24.1. The molecule has 1 saturated heterocycles. The van der Waals surface area contributed by atoms with E-state index < -0.39 is 11.5 Å². The number of hydrogen-bond acceptors (Lipinski definition) is 7. The Kier molecular flexibility index (Phi) is 11.3. The molecule has 268 valence electrons. The van der Waals surface area contributed by atoms with E-state index in [0.29, 0.717) is 31.8 Å². The number of methoxy groups -OCH3 is 1. The van der Waals surface area contributed by atoms with Gasteiger partial charge in [0.2, 0.25) is 5.91 Å². The summed E-state index contributed by atoms with van der Waals surface area (Å²) >= 11 is 0. The number of fused-ring (bicyclic) bond motifs is 1. The van der Waals surface area contributed by atoms with E-state index in [2.05, 4.69) is 58.3 Å². The number of anilines is 1. The van der Waals surface area contributed by atoms with Crippen LogP contribution in [0.2, 0.25) is 0 Å². The number of aliphatic hydroxyl groups excluding tert-OH is 1. The van der Waals surface area contributed by atoms with Crippen molar-refractivity contribution in [2.45, 2.75) is 69.9 Å². The van der Waals surface area contributed by atoms with Crippen molar-refractivity contribution in [1.29, 1.82) is 0 Å². The van der Waals surface area contributed by atoms with E-state index in [1.54, 1.807) is 12.0 Å². The standard InChI is InChI=1S/C41H53N3O6/c1-41(2,3)50-40(47)43-21-19-35(31-10-7-9-30(25-31)29-13-17-34(18-14-29)49-24-22-45)37(28-43)39(46)44(33-15-16-33)27-32-26-42(20-8-23-48-4)38-12-6-5-11-36(32)38/h5-7,9-14,17-18,25,32-33,35,37,45H,8,15-16,19-24,26-28H2,1-4H3/t32?,35-,37+/m1/s1. The van der Waals surface area contributed by atoms with Crippen LogP contribution in [0.15, 0.2) is 72.8 Å². The van der Waals surface area contributed by atoms with E-state index >= 15 is 0 Å². The summed E-state index contributed by atoms with van der Waals surface area (Å²) in [6.45, 7) is 9.90. The summed E-state index contributed by atoms with van der Waals surface area (Å²) in [5.74, 6) is 0.626. The molecule has 9 nitrogen and oxygen atoms in total. The van der Waals surface area contributed by atoms with Crippen LogP contribution in [0.1, 0.15) is 69.4 Å². The molecule has 3 aromatic carbocycles. The summed E-state index contributed by atoms with van der Waals surface area (Å²) in [5, 5.41) is 9.11. The highest BCUT2D eigenvalue weighted by Crippen LogP contribution is 2.42. The first kappa shape index (κ1) is 35.7. The van der Waals surface area contributed by atoms with Crippen molar-refractivity contribution in [2.24, 2.45) is 5.92 Å². The van der Waals surface area contributed by atoms with Gasteiger partial charge in [0, 0.05) is 64.1 Å². The van der Waals surface area contributed by atoms with Gasteiger partial charge >= 0.3 is 6.09 Å². The Morgan fingerprint density at radius 2 is 1.70 bits per heavy atom. The topological polar surface area (TPSA) is 91.8 Å². The van der Waals surface area contributed by atoms with Crippen molar-refractivity contribution in [3.63, 3.8) is 0 Å². The Bertz CT molecular complexity index is 1600. The van der Waals surface area contributed by atoms with Crippen molar-refractivity contribution >= 4 is 17.7 Å². The zero-order valence-electron chi connectivity index (χ0n) is 30.1. The highest BCUT2D eigenvalue weighted by atomic mass is 16.6. The second-order valence-corrected chi connectivity index (χ2v) is 14.9. The van der Waals surface area contributed by atoms with Crippen LogP contribution in [-0.2, 0) is 14.3 Å². The van der Waals surface area contributed by atoms with Gasteiger partial charge in [-0.15, -0.1) is 0 Å². The molecule has 50 heavy (non-hydrogen) atoms. The van der Waals surface area contributed by atoms with Crippen molar-refractivity contribution in [3.05, 3.63) is 83.9 Å². The monoisotopic (exact) mass is 683 g/mol. The molecule has 0 spiro atoms. The number of hydrogen-bond donors (Lipinski definition) is 1. The van der Waals surface area contributed by atoms with Crippen molar-refractivity contribution in [2.75, 3.05) is 64.6 Å². The van der Waals surface area contributed by atoms with Gasteiger partial charge in [-0.05, 0) is 92.8 Å². The van der Waals surface area contributed by atoms with Crippen LogP contribution in [0.5, 0.6) is 5.75 Å². The maximum Gasteiger partial charge on any atom is 0.410 e. The van der Waals surface area contributed by atoms with E-state index in [0.717, 1.165) is 55.6 Å². The molecule has 3 aromatic rings. The summed E-state index contributed by atoms with van der Waals surface area (Å²) in [6, 6.07) is 25.2. The number of rotatable bonds is 13. The van der Waals surface area contributed by atoms with Crippen molar-refractivity contribution < 1.29 is 28.9 Å². The zero-order chi connectivity index (χ0) is 35.3. The van der Waals surface area contributed by atoms with Crippen LogP contribution in [0, 0.1) is 5.92 Å². The number of likely N-dealkylation sites (tertiary alicyclic amines) is 1. The predicted molar refractivity (Wildman–Crippen MR) is 196 cm³/mol. The molecule has 2 fully saturated rings. The lowest BCUT2D eigenvalue weighted by Gasteiger charge is -2.41. The van der Waals surface area contributed by atoms with Crippen LogP contribution >= 0.6 is 0 Å². The third-order valence-electron chi connectivity index (χ3n) is 10.1. The largest absolute Gasteiger partial charge is 0.491 e. The fourth-order valence-electron chi connectivity index (χ4n) is 7.56.